The van der Waals surface area contributed by atoms with Crippen molar-refractivity contribution in [3.63, 3.8) is 0 Å². The fourth-order valence-corrected chi connectivity index (χ4v) is 1.93. The Labute approximate surface area is 94.3 Å². The van der Waals surface area contributed by atoms with Crippen LogP contribution in [0.1, 0.15) is 31.2 Å². The smallest absolute Gasteiger partial charge is 0.0621 e. The van der Waals surface area contributed by atoms with E-state index >= 15 is 0 Å². The molecule has 1 rings (SSSR count). The van der Waals surface area contributed by atoms with Gasteiger partial charge in [0, 0.05) is 16.5 Å². The quantitative estimate of drug-likeness (QED) is 0.752. The van der Waals surface area contributed by atoms with Crippen LogP contribution in [0.15, 0.2) is 18.2 Å². The van der Waals surface area contributed by atoms with Crippen LogP contribution in [0, 0.1) is 11.3 Å². The zero-order valence-electron chi connectivity index (χ0n) is 7.93. The van der Waals surface area contributed by atoms with E-state index < -0.39 is 0 Å². The number of benzene rings is 1. The van der Waals surface area contributed by atoms with E-state index in [1.165, 1.54) is 0 Å². The van der Waals surface area contributed by atoms with Crippen LogP contribution >= 0.6 is 23.2 Å². The summed E-state index contributed by atoms with van der Waals surface area (Å²) in [7, 11) is 0. The van der Waals surface area contributed by atoms with Crippen LogP contribution in [0.4, 0.5) is 0 Å². The third-order valence-electron chi connectivity index (χ3n) is 2.18. The molecule has 0 saturated carbocycles. The average molecular weight is 228 g/mol. The Balaban J connectivity index is 2.80. The van der Waals surface area contributed by atoms with Crippen LogP contribution in [0.3, 0.4) is 0 Å². The Morgan fingerprint density at radius 2 is 2.14 bits per heavy atom. The van der Waals surface area contributed by atoms with Crippen molar-refractivity contribution in [2.24, 2.45) is 0 Å². The summed E-state index contributed by atoms with van der Waals surface area (Å²) in [5, 5.41) is 9.80. The van der Waals surface area contributed by atoms with Gasteiger partial charge in [0.2, 0.25) is 0 Å². The molecule has 0 aliphatic carbocycles. The summed E-state index contributed by atoms with van der Waals surface area (Å²) in [6, 6.07) is 7.62. The van der Waals surface area contributed by atoms with Crippen molar-refractivity contribution in [2.45, 2.75) is 25.7 Å². The van der Waals surface area contributed by atoms with Crippen LogP contribution in [0.2, 0.25) is 10.0 Å². The minimum absolute atomic E-state index is 0.305. The SMILES string of the molecule is CC(CCC#N)c1ccc(Cl)cc1Cl. The molecule has 0 spiro atoms. The van der Waals surface area contributed by atoms with E-state index in [4.69, 9.17) is 28.5 Å². The van der Waals surface area contributed by atoms with Crippen molar-refractivity contribution < 1.29 is 0 Å². The average Bonchev–Trinajstić information content (AvgIpc) is 2.14. The molecule has 0 saturated heterocycles. The molecular weight excluding hydrogens is 217 g/mol. The molecule has 74 valence electrons. The largest absolute Gasteiger partial charge is 0.198 e. The molecule has 0 fully saturated rings. The number of rotatable bonds is 3. The Morgan fingerprint density at radius 3 is 2.71 bits per heavy atom. The van der Waals surface area contributed by atoms with E-state index in [0.29, 0.717) is 22.4 Å². The molecule has 0 bridgehead atoms. The molecule has 0 aliphatic rings. The summed E-state index contributed by atoms with van der Waals surface area (Å²) in [4.78, 5) is 0. The van der Waals surface area contributed by atoms with E-state index in [-0.39, 0.29) is 0 Å². The first kappa shape index (κ1) is 11.4. The van der Waals surface area contributed by atoms with Gasteiger partial charge in [-0.1, -0.05) is 36.2 Å². The Bertz CT molecular complexity index is 355. The second-order valence-electron chi connectivity index (χ2n) is 3.26. The zero-order valence-corrected chi connectivity index (χ0v) is 9.44. The lowest BCUT2D eigenvalue weighted by molar-refractivity contribution is 0.695. The molecule has 1 aromatic carbocycles. The molecule has 0 amide bonds. The molecule has 1 unspecified atom stereocenters. The molecule has 0 radical (unpaired) electrons. The lowest BCUT2D eigenvalue weighted by atomic mass is 9.96. The summed E-state index contributed by atoms with van der Waals surface area (Å²) >= 11 is 11.8. The predicted molar refractivity (Wildman–Crippen MR) is 59.7 cm³/mol. The highest BCUT2D eigenvalue weighted by atomic mass is 35.5. The third-order valence-corrected chi connectivity index (χ3v) is 2.74. The van der Waals surface area contributed by atoms with Gasteiger partial charge in [-0.05, 0) is 30.0 Å². The maximum atomic E-state index is 8.47. The van der Waals surface area contributed by atoms with Crippen LogP contribution in [-0.4, -0.2) is 0 Å². The standard InChI is InChI=1S/C11H11Cl2N/c1-8(3-2-6-14)10-5-4-9(12)7-11(10)13/h4-5,7-8H,2-3H2,1H3. The van der Waals surface area contributed by atoms with Gasteiger partial charge in [-0.25, -0.2) is 0 Å². The van der Waals surface area contributed by atoms with Crippen molar-refractivity contribution in [1.29, 1.82) is 5.26 Å². The molecular formula is C11H11Cl2N. The summed E-state index contributed by atoms with van der Waals surface area (Å²) in [5.41, 5.74) is 1.06. The maximum absolute atomic E-state index is 8.47. The van der Waals surface area contributed by atoms with Gasteiger partial charge >= 0.3 is 0 Å². The molecule has 14 heavy (non-hydrogen) atoms. The van der Waals surface area contributed by atoms with Crippen molar-refractivity contribution in [2.75, 3.05) is 0 Å². The summed E-state index contributed by atoms with van der Waals surface area (Å²) in [6.07, 6.45) is 1.39. The Morgan fingerprint density at radius 1 is 1.43 bits per heavy atom. The highest BCUT2D eigenvalue weighted by Gasteiger charge is 2.09. The van der Waals surface area contributed by atoms with Crippen LogP contribution < -0.4 is 0 Å². The van der Waals surface area contributed by atoms with E-state index in [2.05, 4.69) is 13.0 Å². The Kier molecular flexibility index (Phi) is 4.25. The lowest BCUT2D eigenvalue weighted by Crippen LogP contribution is -1.94. The highest BCUT2D eigenvalue weighted by molar-refractivity contribution is 6.35. The number of hydrogen-bond acceptors (Lipinski definition) is 1. The molecule has 0 N–H and O–H groups in total. The normalized spacial score (nSPS) is 12.1. The van der Waals surface area contributed by atoms with Gasteiger partial charge in [-0.3, -0.25) is 0 Å². The monoisotopic (exact) mass is 227 g/mol. The number of nitrogens with zero attached hydrogens (tertiary/aromatic N) is 1. The van der Waals surface area contributed by atoms with Crippen molar-refractivity contribution >= 4 is 23.2 Å². The predicted octanol–water partition coefficient (Wildman–Crippen LogP) is 4.40. The first-order valence-corrected chi connectivity index (χ1v) is 5.22. The number of hydrogen-bond donors (Lipinski definition) is 0. The molecule has 1 nitrogen and oxygen atoms in total. The van der Waals surface area contributed by atoms with Crippen LogP contribution in [0.5, 0.6) is 0 Å². The maximum Gasteiger partial charge on any atom is 0.0621 e. The summed E-state index contributed by atoms with van der Waals surface area (Å²) in [6.45, 7) is 2.06. The second kappa shape index (κ2) is 5.24. The molecule has 3 heteroatoms. The van der Waals surface area contributed by atoms with E-state index in [9.17, 15) is 0 Å². The number of nitriles is 1. The molecule has 0 heterocycles. The van der Waals surface area contributed by atoms with Crippen molar-refractivity contribution in [3.05, 3.63) is 33.8 Å². The van der Waals surface area contributed by atoms with E-state index in [1.54, 1.807) is 6.07 Å². The molecule has 1 aromatic rings. The summed E-state index contributed by atoms with van der Waals surface area (Å²) < 4.78 is 0. The van der Waals surface area contributed by atoms with Gasteiger partial charge in [0.25, 0.3) is 0 Å². The van der Waals surface area contributed by atoms with Crippen molar-refractivity contribution in [3.8, 4) is 6.07 Å². The van der Waals surface area contributed by atoms with Crippen molar-refractivity contribution in [1.82, 2.24) is 0 Å². The highest BCUT2D eigenvalue weighted by Crippen LogP contribution is 2.29. The molecule has 1 atom stereocenters. The molecule has 0 aromatic heterocycles. The zero-order chi connectivity index (χ0) is 10.6. The van der Waals surface area contributed by atoms with Crippen LogP contribution in [-0.2, 0) is 0 Å². The minimum Gasteiger partial charge on any atom is -0.198 e. The fourth-order valence-electron chi connectivity index (χ4n) is 1.34. The van der Waals surface area contributed by atoms with Gasteiger partial charge in [-0.15, -0.1) is 0 Å². The Hall–Kier alpha value is -0.710. The molecule has 0 aliphatic heterocycles. The second-order valence-corrected chi connectivity index (χ2v) is 4.11. The van der Waals surface area contributed by atoms with Crippen LogP contribution in [0.25, 0.3) is 0 Å². The minimum atomic E-state index is 0.305. The van der Waals surface area contributed by atoms with E-state index in [1.807, 2.05) is 12.1 Å². The lowest BCUT2D eigenvalue weighted by Gasteiger charge is -2.11. The van der Waals surface area contributed by atoms with Gasteiger partial charge in [0.1, 0.15) is 0 Å². The van der Waals surface area contributed by atoms with Gasteiger partial charge in [-0.2, -0.15) is 5.26 Å². The van der Waals surface area contributed by atoms with Gasteiger partial charge in [0.15, 0.2) is 0 Å². The number of halogens is 2. The van der Waals surface area contributed by atoms with Gasteiger partial charge in [0.05, 0.1) is 6.07 Å². The summed E-state index contributed by atoms with van der Waals surface area (Å²) in [5.74, 6) is 0.305. The fraction of sp³-hybridized carbons (Fsp3) is 0.364. The topological polar surface area (TPSA) is 23.8 Å². The third kappa shape index (κ3) is 2.90. The first-order valence-electron chi connectivity index (χ1n) is 4.47. The first-order chi connectivity index (χ1) is 6.65. The van der Waals surface area contributed by atoms with E-state index in [0.717, 1.165) is 12.0 Å². The van der Waals surface area contributed by atoms with Gasteiger partial charge < -0.3 is 0 Å².